The van der Waals surface area contributed by atoms with Crippen LogP contribution in [0.1, 0.15) is 406 Å². The molecule has 0 aliphatic heterocycles. The van der Waals surface area contributed by atoms with Gasteiger partial charge in [-0.15, -0.1) is 0 Å². The molecular weight excluding hydrogens is 1020 g/mol. The van der Waals surface area contributed by atoms with Crippen molar-refractivity contribution in [2.45, 2.75) is 418 Å². The molecule has 6 heteroatoms. The fourth-order valence-electron chi connectivity index (χ4n) is 11.6. The summed E-state index contributed by atoms with van der Waals surface area (Å²) in [6.07, 6.45) is 95.0. The highest BCUT2D eigenvalue weighted by Gasteiger charge is 2.18. The first-order valence-corrected chi connectivity index (χ1v) is 37.4. The van der Waals surface area contributed by atoms with Crippen LogP contribution in [0.15, 0.2) is 48.6 Å². The number of aliphatic hydroxyl groups excluding tert-OH is 2. The highest BCUT2D eigenvalue weighted by Crippen LogP contribution is 2.19. The zero-order valence-corrected chi connectivity index (χ0v) is 55.9. The second-order valence-electron chi connectivity index (χ2n) is 25.6. The van der Waals surface area contributed by atoms with Crippen LogP contribution in [0, 0.1) is 0 Å². The maximum absolute atomic E-state index is 12.5. The van der Waals surface area contributed by atoms with Gasteiger partial charge in [-0.05, 0) is 83.5 Å². The number of unbranched alkanes of at least 4 members (excludes halogenated alkanes) is 53. The SMILES string of the molecule is CCCC/C=C\C/C=C\CCCCCCCC(=O)OCCCCCCCCCCCCCC/C=C\CCCCCCCCCCCCCCCCCCCC(=O)NC(CO)C(O)/C=C/CCCCCCCCCCCCCCCCCCC. The molecule has 0 bridgehead atoms. The third kappa shape index (κ3) is 68.8. The van der Waals surface area contributed by atoms with Gasteiger partial charge in [-0.1, -0.05) is 358 Å². The van der Waals surface area contributed by atoms with Crippen LogP contribution < -0.4 is 5.32 Å². The number of hydrogen-bond donors (Lipinski definition) is 3. The van der Waals surface area contributed by atoms with E-state index in [4.69, 9.17) is 4.74 Å². The molecule has 0 aliphatic rings. The largest absolute Gasteiger partial charge is 0.466 e. The van der Waals surface area contributed by atoms with Crippen LogP contribution in [0.25, 0.3) is 0 Å². The van der Waals surface area contributed by atoms with Crippen LogP contribution in [0.3, 0.4) is 0 Å². The summed E-state index contributed by atoms with van der Waals surface area (Å²) in [7, 11) is 0. The number of rotatable bonds is 70. The van der Waals surface area contributed by atoms with E-state index in [2.05, 4.69) is 55.6 Å². The van der Waals surface area contributed by atoms with Gasteiger partial charge in [-0.2, -0.15) is 0 Å². The molecule has 83 heavy (non-hydrogen) atoms. The number of nitrogens with one attached hydrogen (secondary N) is 1. The van der Waals surface area contributed by atoms with Crippen molar-refractivity contribution in [1.82, 2.24) is 5.32 Å². The molecule has 488 valence electrons. The van der Waals surface area contributed by atoms with Gasteiger partial charge in [-0.25, -0.2) is 0 Å². The summed E-state index contributed by atoms with van der Waals surface area (Å²) >= 11 is 0. The second kappa shape index (κ2) is 72.3. The van der Waals surface area contributed by atoms with Crippen molar-refractivity contribution in [3.8, 4) is 0 Å². The zero-order valence-electron chi connectivity index (χ0n) is 55.9. The van der Waals surface area contributed by atoms with Gasteiger partial charge < -0.3 is 20.3 Å². The molecule has 0 aromatic rings. The number of carbonyl (C=O) groups is 2. The monoisotopic (exact) mass is 1160 g/mol. The summed E-state index contributed by atoms with van der Waals surface area (Å²) in [6, 6.07) is -0.627. The van der Waals surface area contributed by atoms with E-state index in [0.717, 1.165) is 51.4 Å². The van der Waals surface area contributed by atoms with Crippen LogP contribution in [0.2, 0.25) is 0 Å². The Bertz CT molecular complexity index is 1390. The molecule has 0 heterocycles. The van der Waals surface area contributed by atoms with Gasteiger partial charge in [0.1, 0.15) is 0 Å². The van der Waals surface area contributed by atoms with E-state index in [1.165, 1.54) is 327 Å². The predicted octanol–water partition coefficient (Wildman–Crippen LogP) is 24.4. The first-order chi connectivity index (χ1) is 41.0. The smallest absolute Gasteiger partial charge is 0.305 e. The number of esters is 1. The molecule has 0 fully saturated rings. The highest BCUT2D eigenvalue weighted by atomic mass is 16.5. The molecule has 2 atom stereocenters. The van der Waals surface area contributed by atoms with Crippen molar-refractivity contribution in [2.75, 3.05) is 13.2 Å². The molecular formula is C77H145NO5. The van der Waals surface area contributed by atoms with Crippen molar-refractivity contribution < 1.29 is 24.5 Å². The number of allylic oxidation sites excluding steroid dienone is 7. The Hall–Kier alpha value is -2.18. The molecule has 0 rings (SSSR count). The molecule has 3 N–H and O–H groups in total. The summed E-state index contributed by atoms with van der Waals surface area (Å²) in [5.74, 6) is -0.0576. The highest BCUT2D eigenvalue weighted by molar-refractivity contribution is 5.76. The van der Waals surface area contributed by atoms with E-state index in [1.54, 1.807) is 6.08 Å². The Balaban J connectivity index is 3.38. The lowest BCUT2D eigenvalue weighted by Crippen LogP contribution is -2.45. The fraction of sp³-hybridized carbons (Fsp3) is 0.870. The van der Waals surface area contributed by atoms with Crippen molar-refractivity contribution in [3.05, 3.63) is 48.6 Å². The minimum Gasteiger partial charge on any atom is -0.466 e. The molecule has 0 aromatic heterocycles. The Morgan fingerprint density at radius 3 is 0.964 bits per heavy atom. The van der Waals surface area contributed by atoms with Gasteiger partial charge in [0.15, 0.2) is 0 Å². The third-order valence-corrected chi connectivity index (χ3v) is 17.3. The van der Waals surface area contributed by atoms with Gasteiger partial charge in [0, 0.05) is 12.8 Å². The Morgan fingerprint density at radius 2 is 0.614 bits per heavy atom. The fourth-order valence-corrected chi connectivity index (χ4v) is 11.6. The lowest BCUT2D eigenvalue weighted by atomic mass is 10.0. The predicted molar refractivity (Wildman–Crippen MR) is 366 cm³/mol. The maximum atomic E-state index is 12.5. The van der Waals surface area contributed by atoms with Gasteiger partial charge in [0.25, 0.3) is 0 Å². The number of ether oxygens (including phenoxy) is 1. The summed E-state index contributed by atoms with van der Waals surface area (Å²) in [5.41, 5.74) is 0. The number of hydrogen-bond acceptors (Lipinski definition) is 5. The van der Waals surface area contributed by atoms with Gasteiger partial charge in [0.2, 0.25) is 5.91 Å². The molecule has 6 nitrogen and oxygen atoms in total. The summed E-state index contributed by atoms with van der Waals surface area (Å²) in [6.45, 7) is 4.89. The van der Waals surface area contributed by atoms with E-state index < -0.39 is 12.1 Å². The van der Waals surface area contributed by atoms with Gasteiger partial charge in [0.05, 0.1) is 25.4 Å². The Labute approximate surface area is 518 Å². The Morgan fingerprint density at radius 1 is 0.337 bits per heavy atom. The van der Waals surface area contributed by atoms with E-state index in [0.29, 0.717) is 19.4 Å². The van der Waals surface area contributed by atoms with Gasteiger partial charge >= 0.3 is 5.97 Å². The first kappa shape index (κ1) is 80.8. The minimum atomic E-state index is -0.843. The standard InChI is InChI=1S/C77H145NO5/c1-3-5-7-9-11-13-15-17-19-20-36-39-42-45-49-53-57-61-65-69-75(80)74(73-79)78-76(81)70-66-62-58-54-50-46-43-40-37-34-32-30-28-26-24-22-21-23-25-27-29-31-33-35-38-41-44-48-52-56-60-64-68-72-83-77(82)71-67-63-59-55-51-47-18-16-14-12-10-8-6-4-2/h10,12,16,18,25,27,65,69,74-75,79-80H,3-9,11,13-15,17,19-24,26,28-64,66-68,70-73H2,1-2H3,(H,78,81)/b12-10-,18-16-,27-25-,69-65+. The quantitative estimate of drug-likeness (QED) is 0.0320. The third-order valence-electron chi connectivity index (χ3n) is 17.3. The van der Waals surface area contributed by atoms with Crippen LogP contribution >= 0.6 is 0 Å². The van der Waals surface area contributed by atoms with Crippen molar-refractivity contribution >= 4 is 11.9 Å². The summed E-state index contributed by atoms with van der Waals surface area (Å²) < 4.78 is 5.48. The van der Waals surface area contributed by atoms with Crippen molar-refractivity contribution in [1.29, 1.82) is 0 Å². The average molecular weight is 1170 g/mol. The molecule has 0 spiro atoms. The maximum Gasteiger partial charge on any atom is 0.305 e. The van der Waals surface area contributed by atoms with Crippen LogP contribution in [-0.4, -0.2) is 47.4 Å². The summed E-state index contributed by atoms with van der Waals surface area (Å²) in [4.78, 5) is 24.6. The van der Waals surface area contributed by atoms with Crippen molar-refractivity contribution in [2.24, 2.45) is 0 Å². The number of carbonyl (C=O) groups excluding carboxylic acids is 2. The van der Waals surface area contributed by atoms with Crippen LogP contribution in [0.4, 0.5) is 0 Å². The molecule has 0 saturated carbocycles. The lowest BCUT2D eigenvalue weighted by Gasteiger charge is -2.20. The lowest BCUT2D eigenvalue weighted by molar-refractivity contribution is -0.143. The topological polar surface area (TPSA) is 95.9 Å². The molecule has 1 amide bonds. The van der Waals surface area contributed by atoms with Gasteiger partial charge in [-0.3, -0.25) is 9.59 Å². The molecule has 0 aromatic carbocycles. The van der Waals surface area contributed by atoms with Crippen LogP contribution in [-0.2, 0) is 14.3 Å². The number of amides is 1. The van der Waals surface area contributed by atoms with E-state index in [1.807, 2.05) is 6.08 Å². The van der Waals surface area contributed by atoms with Crippen LogP contribution in [0.5, 0.6) is 0 Å². The molecule has 2 unspecified atom stereocenters. The average Bonchev–Trinajstić information content (AvgIpc) is 3.48. The molecule has 0 aliphatic carbocycles. The Kier molecular flexibility index (Phi) is 70.4. The second-order valence-corrected chi connectivity index (χ2v) is 25.6. The zero-order chi connectivity index (χ0) is 59.9. The minimum absolute atomic E-state index is 0.00394. The first-order valence-electron chi connectivity index (χ1n) is 37.4. The number of aliphatic hydroxyl groups is 2. The van der Waals surface area contributed by atoms with E-state index in [-0.39, 0.29) is 18.5 Å². The van der Waals surface area contributed by atoms with E-state index in [9.17, 15) is 19.8 Å². The van der Waals surface area contributed by atoms with E-state index >= 15 is 0 Å². The molecule has 0 radical (unpaired) electrons. The normalized spacial score (nSPS) is 12.8. The molecule has 0 saturated heterocycles. The summed E-state index contributed by atoms with van der Waals surface area (Å²) in [5, 5.41) is 23.2. The van der Waals surface area contributed by atoms with Crippen molar-refractivity contribution in [3.63, 3.8) is 0 Å².